The minimum Gasteiger partial charge on any atom is -0.351 e. The van der Waals surface area contributed by atoms with E-state index in [0.29, 0.717) is 12.2 Å². The summed E-state index contributed by atoms with van der Waals surface area (Å²) in [5.74, 6) is -0.304. The van der Waals surface area contributed by atoms with Crippen LogP contribution in [0.4, 0.5) is 5.69 Å². The smallest absolute Gasteiger partial charge is 0.277 e. The summed E-state index contributed by atoms with van der Waals surface area (Å²) in [4.78, 5) is 30.3. The Labute approximate surface area is 192 Å². The number of carbonyl (C=O) groups is 2. The van der Waals surface area contributed by atoms with Gasteiger partial charge in [-0.15, -0.1) is 11.3 Å². The molecule has 7 heteroatoms. The maximum atomic E-state index is 13.9. The SMILES string of the molecule is Cc1cccc(N2C(=O)c3cc(-c4cccs4)nn3C[C@]2(C)C(=O)NC2CCCC2)c1C. The van der Waals surface area contributed by atoms with Gasteiger partial charge in [-0.3, -0.25) is 19.2 Å². The Morgan fingerprint density at radius 2 is 1.97 bits per heavy atom. The topological polar surface area (TPSA) is 67.2 Å². The molecule has 1 aliphatic heterocycles. The molecule has 2 aromatic heterocycles. The van der Waals surface area contributed by atoms with Gasteiger partial charge in [0, 0.05) is 11.7 Å². The molecule has 0 radical (unpaired) electrons. The van der Waals surface area contributed by atoms with E-state index in [9.17, 15) is 9.59 Å². The number of thiophene rings is 1. The fourth-order valence-electron chi connectivity index (χ4n) is 4.89. The van der Waals surface area contributed by atoms with Crippen molar-refractivity contribution in [3.63, 3.8) is 0 Å². The van der Waals surface area contributed by atoms with E-state index in [4.69, 9.17) is 5.10 Å². The molecule has 0 bridgehead atoms. The van der Waals surface area contributed by atoms with Crippen molar-refractivity contribution in [2.24, 2.45) is 0 Å². The highest BCUT2D eigenvalue weighted by Gasteiger charge is 2.49. The van der Waals surface area contributed by atoms with E-state index >= 15 is 0 Å². The lowest BCUT2D eigenvalue weighted by Gasteiger charge is -2.44. The summed E-state index contributed by atoms with van der Waals surface area (Å²) < 4.78 is 1.72. The van der Waals surface area contributed by atoms with E-state index in [0.717, 1.165) is 53.1 Å². The van der Waals surface area contributed by atoms with Crippen LogP contribution in [0.15, 0.2) is 41.8 Å². The summed E-state index contributed by atoms with van der Waals surface area (Å²) >= 11 is 1.59. The molecule has 2 aliphatic rings. The highest BCUT2D eigenvalue weighted by Crippen LogP contribution is 2.37. The lowest BCUT2D eigenvalue weighted by Crippen LogP contribution is -2.65. The highest BCUT2D eigenvalue weighted by molar-refractivity contribution is 7.13. The Morgan fingerprint density at radius 1 is 1.19 bits per heavy atom. The molecule has 3 aromatic rings. The number of nitrogens with one attached hydrogen (secondary N) is 1. The van der Waals surface area contributed by atoms with E-state index < -0.39 is 5.54 Å². The molecule has 1 aromatic carbocycles. The van der Waals surface area contributed by atoms with Crippen molar-refractivity contribution < 1.29 is 9.59 Å². The lowest BCUT2D eigenvalue weighted by molar-refractivity contribution is -0.127. The van der Waals surface area contributed by atoms with Gasteiger partial charge in [0.2, 0.25) is 5.91 Å². The van der Waals surface area contributed by atoms with Crippen LogP contribution in [0.1, 0.15) is 54.2 Å². The van der Waals surface area contributed by atoms with Crippen LogP contribution in [0.2, 0.25) is 0 Å². The number of aryl methyl sites for hydroxylation is 1. The monoisotopic (exact) mass is 448 g/mol. The molecular formula is C25H28N4O2S. The number of benzene rings is 1. The maximum Gasteiger partial charge on any atom is 0.277 e. The number of hydrogen-bond donors (Lipinski definition) is 1. The number of aromatic nitrogens is 2. The molecule has 0 saturated heterocycles. The van der Waals surface area contributed by atoms with Crippen LogP contribution in [0, 0.1) is 13.8 Å². The van der Waals surface area contributed by atoms with Gasteiger partial charge in [-0.2, -0.15) is 5.10 Å². The molecule has 1 atom stereocenters. The van der Waals surface area contributed by atoms with Crippen LogP contribution in [0.3, 0.4) is 0 Å². The van der Waals surface area contributed by atoms with E-state index in [-0.39, 0.29) is 17.9 Å². The first kappa shape index (κ1) is 20.9. The van der Waals surface area contributed by atoms with E-state index in [1.807, 2.05) is 62.5 Å². The molecule has 0 unspecified atom stereocenters. The average molecular weight is 449 g/mol. The van der Waals surface area contributed by atoms with E-state index in [2.05, 4.69) is 5.32 Å². The van der Waals surface area contributed by atoms with Crippen LogP contribution < -0.4 is 10.2 Å². The molecule has 6 nitrogen and oxygen atoms in total. The Balaban J connectivity index is 1.61. The second-order valence-corrected chi connectivity index (χ2v) is 10.1. The molecule has 1 aliphatic carbocycles. The quantitative estimate of drug-likeness (QED) is 0.629. The fraction of sp³-hybridized carbons (Fsp3) is 0.400. The zero-order valence-corrected chi connectivity index (χ0v) is 19.5. The lowest BCUT2D eigenvalue weighted by atomic mass is 9.92. The first-order valence-electron chi connectivity index (χ1n) is 11.2. The predicted molar refractivity (Wildman–Crippen MR) is 127 cm³/mol. The molecule has 1 saturated carbocycles. The van der Waals surface area contributed by atoms with Crippen LogP contribution in [-0.4, -0.2) is 33.2 Å². The van der Waals surface area contributed by atoms with Gasteiger partial charge in [0.1, 0.15) is 16.9 Å². The molecule has 166 valence electrons. The molecule has 2 amide bonds. The molecular weight excluding hydrogens is 420 g/mol. The number of hydrogen-bond acceptors (Lipinski definition) is 4. The van der Waals surface area contributed by atoms with Crippen molar-refractivity contribution in [2.45, 2.75) is 64.6 Å². The summed E-state index contributed by atoms with van der Waals surface area (Å²) in [6, 6.07) is 11.9. The molecule has 3 heterocycles. The number of carbonyl (C=O) groups excluding carboxylic acids is 2. The highest BCUT2D eigenvalue weighted by atomic mass is 32.1. The Hall–Kier alpha value is -2.93. The fourth-order valence-corrected chi connectivity index (χ4v) is 5.57. The summed E-state index contributed by atoms with van der Waals surface area (Å²) in [5, 5.41) is 9.95. The van der Waals surface area contributed by atoms with Gasteiger partial charge in [0.05, 0.1) is 11.4 Å². The van der Waals surface area contributed by atoms with Crippen LogP contribution in [-0.2, 0) is 11.3 Å². The largest absolute Gasteiger partial charge is 0.351 e. The number of fused-ring (bicyclic) bond motifs is 1. The Kier molecular flexibility index (Phi) is 5.16. The third kappa shape index (κ3) is 3.35. The molecule has 1 fully saturated rings. The second-order valence-electron chi connectivity index (χ2n) is 9.14. The first-order chi connectivity index (χ1) is 15.4. The molecule has 1 N–H and O–H groups in total. The van der Waals surface area contributed by atoms with Gasteiger partial charge in [-0.25, -0.2) is 0 Å². The maximum absolute atomic E-state index is 13.9. The van der Waals surface area contributed by atoms with Gasteiger partial charge in [-0.1, -0.05) is 31.0 Å². The Bertz CT molecular complexity index is 1180. The number of anilines is 1. The average Bonchev–Trinajstić information content (AvgIpc) is 3.52. The van der Waals surface area contributed by atoms with Crippen molar-refractivity contribution in [3.05, 3.63) is 58.6 Å². The van der Waals surface area contributed by atoms with Crippen molar-refractivity contribution in [1.29, 1.82) is 0 Å². The van der Waals surface area contributed by atoms with Crippen molar-refractivity contribution in [2.75, 3.05) is 4.90 Å². The van der Waals surface area contributed by atoms with Crippen LogP contribution in [0.25, 0.3) is 10.6 Å². The van der Waals surface area contributed by atoms with E-state index in [1.165, 1.54) is 0 Å². The summed E-state index contributed by atoms with van der Waals surface area (Å²) in [6.07, 6.45) is 4.26. The zero-order chi connectivity index (χ0) is 22.5. The van der Waals surface area contributed by atoms with Crippen LogP contribution >= 0.6 is 11.3 Å². The molecule has 32 heavy (non-hydrogen) atoms. The standard InChI is InChI=1S/C25H28N4O2S/c1-16-8-6-11-20(17(16)2)29-23(30)21-14-19(22-12-7-13-32-22)27-28(21)15-25(29,3)24(31)26-18-9-4-5-10-18/h6-8,11-14,18H,4-5,9-10,15H2,1-3H3,(H,26,31)/t25-/m1/s1. The van der Waals surface area contributed by atoms with Gasteiger partial charge in [0.15, 0.2) is 0 Å². The van der Waals surface area contributed by atoms with Gasteiger partial charge >= 0.3 is 0 Å². The first-order valence-corrected chi connectivity index (χ1v) is 12.1. The minimum absolute atomic E-state index is 0.113. The van der Waals surface area contributed by atoms with Crippen molar-refractivity contribution in [3.8, 4) is 10.6 Å². The number of amides is 2. The second kappa shape index (κ2) is 7.89. The third-order valence-corrected chi connectivity index (χ3v) is 7.82. The third-order valence-electron chi connectivity index (χ3n) is 6.92. The normalized spacial score (nSPS) is 21.1. The van der Waals surface area contributed by atoms with Gasteiger partial charge in [-0.05, 0) is 68.3 Å². The Morgan fingerprint density at radius 3 is 2.69 bits per heavy atom. The van der Waals surface area contributed by atoms with Crippen molar-refractivity contribution >= 4 is 28.8 Å². The number of rotatable bonds is 4. The number of nitrogens with zero attached hydrogens (tertiary/aromatic N) is 3. The van der Waals surface area contributed by atoms with Gasteiger partial charge in [0.25, 0.3) is 5.91 Å². The molecule has 5 rings (SSSR count). The summed E-state index contributed by atoms with van der Waals surface area (Å²) in [6.45, 7) is 6.22. The summed E-state index contributed by atoms with van der Waals surface area (Å²) in [5.41, 5.74) is 3.08. The summed E-state index contributed by atoms with van der Waals surface area (Å²) in [7, 11) is 0. The minimum atomic E-state index is -1.08. The zero-order valence-electron chi connectivity index (χ0n) is 18.7. The predicted octanol–water partition coefficient (Wildman–Crippen LogP) is 4.71. The van der Waals surface area contributed by atoms with Crippen LogP contribution in [0.5, 0.6) is 0 Å². The van der Waals surface area contributed by atoms with Gasteiger partial charge < -0.3 is 5.32 Å². The molecule has 0 spiro atoms. The van der Waals surface area contributed by atoms with Crippen molar-refractivity contribution in [1.82, 2.24) is 15.1 Å². The van der Waals surface area contributed by atoms with E-state index in [1.54, 1.807) is 20.9 Å².